The predicted molar refractivity (Wildman–Crippen MR) is 79.1 cm³/mol. The van der Waals surface area contributed by atoms with E-state index in [-0.39, 0.29) is 18.0 Å². The molecule has 2 N–H and O–H groups in total. The Kier molecular flexibility index (Phi) is 6.30. The molecular weight excluding hydrogens is 292 g/mol. The zero-order chi connectivity index (χ0) is 15.9. The van der Waals surface area contributed by atoms with E-state index in [1.54, 1.807) is 13.8 Å². The number of aliphatic hydroxyl groups excluding tert-OH is 1. The van der Waals surface area contributed by atoms with Gasteiger partial charge in [-0.15, -0.1) is 0 Å². The van der Waals surface area contributed by atoms with Gasteiger partial charge in [-0.2, -0.15) is 0 Å². The van der Waals surface area contributed by atoms with E-state index in [1.165, 1.54) is 25.6 Å². The maximum atomic E-state index is 12.2. The van der Waals surface area contributed by atoms with Crippen LogP contribution in [-0.2, 0) is 14.8 Å². The van der Waals surface area contributed by atoms with Crippen molar-refractivity contribution in [2.24, 2.45) is 0 Å². The summed E-state index contributed by atoms with van der Waals surface area (Å²) in [7, 11) is -2.15. The van der Waals surface area contributed by atoms with Crippen molar-refractivity contribution in [1.29, 1.82) is 0 Å². The molecule has 1 rings (SSSR count). The lowest BCUT2D eigenvalue weighted by Gasteiger charge is -2.22. The molecule has 1 aromatic rings. The molecule has 116 valence electrons. The highest BCUT2D eigenvalue weighted by Crippen LogP contribution is 2.11. The van der Waals surface area contributed by atoms with E-state index in [0.29, 0.717) is 12.0 Å². The third-order valence-electron chi connectivity index (χ3n) is 2.73. The average molecular weight is 312 g/mol. The van der Waals surface area contributed by atoms with Crippen LogP contribution in [0.4, 0.5) is 0 Å². The first-order chi connectivity index (χ1) is 9.80. The lowest BCUT2D eigenvalue weighted by atomic mass is 10.1. The van der Waals surface area contributed by atoms with E-state index in [9.17, 15) is 8.42 Å². The number of hydrogen-bond acceptors (Lipinski definition) is 5. The monoisotopic (exact) mass is 312 g/mol. The van der Waals surface area contributed by atoms with Crippen LogP contribution in [0.1, 0.15) is 25.8 Å². The zero-order valence-electron chi connectivity index (χ0n) is 12.4. The van der Waals surface area contributed by atoms with Gasteiger partial charge in [0, 0.05) is 38.0 Å². The molecule has 0 aliphatic heterocycles. The van der Waals surface area contributed by atoms with Crippen molar-refractivity contribution in [3.63, 3.8) is 0 Å². The second-order valence-corrected chi connectivity index (χ2v) is 6.74. The number of nitrogens with one attached hydrogen (secondary N) is 1. The van der Waals surface area contributed by atoms with Crippen molar-refractivity contribution < 1.29 is 18.3 Å². The lowest BCUT2D eigenvalue weighted by molar-refractivity contribution is 0.0276. The molecule has 0 radical (unpaired) electrons. The van der Waals surface area contributed by atoms with Crippen molar-refractivity contribution in [1.82, 2.24) is 9.71 Å². The minimum absolute atomic E-state index is 0.0356. The van der Waals surface area contributed by atoms with Gasteiger partial charge in [0.05, 0.1) is 12.2 Å². The van der Waals surface area contributed by atoms with Crippen LogP contribution in [0.3, 0.4) is 0 Å². The highest BCUT2D eigenvalue weighted by Gasteiger charge is 2.22. The summed E-state index contributed by atoms with van der Waals surface area (Å²) in [5, 5.41) is 8.66. The molecule has 0 aromatic carbocycles. The Bertz CT molecular complexity index is 630. The van der Waals surface area contributed by atoms with Crippen LogP contribution < -0.4 is 4.72 Å². The van der Waals surface area contributed by atoms with E-state index in [1.807, 2.05) is 0 Å². The molecule has 6 nitrogen and oxygen atoms in total. The van der Waals surface area contributed by atoms with E-state index in [2.05, 4.69) is 21.5 Å². The molecule has 21 heavy (non-hydrogen) atoms. The Morgan fingerprint density at radius 2 is 2.14 bits per heavy atom. The topological polar surface area (TPSA) is 88.5 Å². The number of hydrogen-bond donors (Lipinski definition) is 2. The summed E-state index contributed by atoms with van der Waals surface area (Å²) in [4.78, 5) is 3.93. The van der Waals surface area contributed by atoms with Crippen molar-refractivity contribution >= 4 is 10.0 Å². The second kappa shape index (κ2) is 7.52. The van der Waals surface area contributed by atoms with Gasteiger partial charge in [-0.3, -0.25) is 4.98 Å². The highest BCUT2D eigenvalue weighted by atomic mass is 32.2. The van der Waals surface area contributed by atoms with E-state index in [4.69, 9.17) is 9.84 Å². The molecule has 0 atom stereocenters. The quantitative estimate of drug-likeness (QED) is 0.748. The molecule has 0 spiro atoms. The minimum Gasteiger partial charge on any atom is -0.395 e. The van der Waals surface area contributed by atoms with Gasteiger partial charge < -0.3 is 9.84 Å². The van der Waals surface area contributed by atoms with Gasteiger partial charge in [0.2, 0.25) is 10.0 Å². The van der Waals surface area contributed by atoms with Crippen LogP contribution in [0.25, 0.3) is 0 Å². The number of sulfonamides is 1. The fourth-order valence-corrected chi connectivity index (χ4v) is 2.46. The zero-order valence-corrected chi connectivity index (χ0v) is 13.2. The Labute approximate surface area is 125 Å². The van der Waals surface area contributed by atoms with Crippen LogP contribution in [0, 0.1) is 11.8 Å². The first kappa shape index (κ1) is 17.6. The number of aliphatic hydroxyl groups is 1. The van der Waals surface area contributed by atoms with E-state index in [0.717, 1.165) is 0 Å². The number of methoxy groups -OCH3 is 1. The van der Waals surface area contributed by atoms with Crippen molar-refractivity contribution in [3.8, 4) is 11.8 Å². The standard InChI is InChI=1S/C14H20N2O4S/c1-14(2,20-3)11-16-21(18,19)13-8-12(9-15-10-13)6-4-5-7-17/h8-10,16-17H,5,7,11H2,1-3H3. The smallest absolute Gasteiger partial charge is 0.242 e. The number of pyridine rings is 1. The second-order valence-electron chi connectivity index (χ2n) is 4.97. The first-order valence-electron chi connectivity index (χ1n) is 6.40. The summed E-state index contributed by atoms with van der Waals surface area (Å²) in [5.41, 5.74) is -0.115. The van der Waals surface area contributed by atoms with Gasteiger partial charge in [-0.1, -0.05) is 11.8 Å². The molecule has 7 heteroatoms. The molecular formula is C14H20N2O4S. The summed E-state index contributed by atoms with van der Waals surface area (Å²) in [5.74, 6) is 5.47. The SMILES string of the molecule is COC(C)(C)CNS(=O)(=O)c1cncc(C#CCCO)c1. The number of aromatic nitrogens is 1. The third kappa shape index (κ3) is 5.81. The van der Waals surface area contributed by atoms with Crippen LogP contribution in [-0.4, -0.2) is 44.4 Å². The molecule has 0 bridgehead atoms. The largest absolute Gasteiger partial charge is 0.395 e. The predicted octanol–water partition coefficient (Wildman–Crippen LogP) is 0.519. The lowest BCUT2D eigenvalue weighted by Crippen LogP contribution is -2.39. The molecule has 0 unspecified atom stereocenters. The normalized spacial score (nSPS) is 11.8. The molecule has 1 heterocycles. The van der Waals surface area contributed by atoms with Gasteiger partial charge in [0.15, 0.2) is 0 Å². The first-order valence-corrected chi connectivity index (χ1v) is 7.89. The Hall–Kier alpha value is -1.46. The number of rotatable bonds is 6. The minimum atomic E-state index is -3.67. The van der Waals surface area contributed by atoms with Crippen LogP contribution in [0.5, 0.6) is 0 Å². The van der Waals surface area contributed by atoms with Gasteiger partial charge in [-0.05, 0) is 19.9 Å². The number of nitrogens with zero attached hydrogens (tertiary/aromatic N) is 1. The maximum Gasteiger partial charge on any atom is 0.242 e. The molecule has 0 saturated carbocycles. The maximum absolute atomic E-state index is 12.2. The molecule has 0 aliphatic rings. The fraction of sp³-hybridized carbons (Fsp3) is 0.500. The molecule has 0 amide bonds. The summed E-state index contributed by atoms with van der Waals surface area (Å²) in [6, 6.07) is 1.44. The van der Waals surface area contributed by atoms with Gasteiger partial charge in [0.25, 0.3) is 0 Å². The third-order valence-corrected chi connectivity index (χ3v) is 4.10. The van der Waals surface area contributed by atoms with Crippen molar-refractivity contribution in [2.75, 3.05) is 20.3 Å². The Morgan fingerprint density at radius 1 is 1.43 bits per heavy atom. The van der Waals surface area contributed by atoms with Crippen LogP contribution in [0.2, 0.25) is 0 Å². The summed E-state index contributed by atoms with van der Waals surface area (Å²) >= 11 is 0. The summed E-state index contributed by atoms with van der Waals surface area (Å²) in [6.45, 7) is 3.67. The Balaban J connectivity index is 2.89. The van der Waals surface area contributed by atoms with E-state index >= 15 is 0 Å². The fourth-order valence-electron chi connectivity index (χ4n) is 1.28. The van der Waals surface area contributed by atoms with Crippen molar-refractivity contribution in [2.45, 2.75) is 30.8 Å². The van der Waals surface area contributed by atoms with Gasteiger partial charge >= 0.3 is 0 Å². The summed E-state index contributed by atoms with van der Waals surface area (Å²) in [6.07, 6.45) is 3.07. The molecule has 0 fully saturated rings. The Morgan fingerprint density at radius 3 is 2.76 bits per heavy atom. The van der Waals surface area contributed by atoms with Crippen LogP contribution in [0.15, 0.2) is 23.4 Å². The molecule has 0 saturated heterocycles. The van der Waals surface area contributed by atoms with E-state index < -0.39 is 15.6 Å². The van der Waals surface area contributed by atoms with Crippen LogP contribution >= 0.6 is 0 Å². The average Bonchev–Trinajstić information content (AvgIpc) is 2.46. The molecule has 0 aliphatic carbocycles. The number of ether oxygens (including phenoxy) is 1. The van der Waals surface area contributed by atoms with Crippen molar-refractivity contribution in [3.05, 3.63) is 24.0 Å². The highest BCUT2D eigenvalue weighted by molar-refractivity contribution is 7.89. The van der Waals surface area contributed by atoms with Gasteiger partial charge in [-0.25, -0.2) is 13.1 Å². The van der Waals surface area contributed by atoms with Gasteiger partial charge in [0.1, 0.15) is 4.90 Å². The summed E-state index contributed by atoms with van der Waals surface area (Å²) < 4.78 is 32.0. The molecule has 1 aromatic heterocycles.